The molecule has 1 fully saturated rings. The van der Waals surface area contributed by atoms with Gasteiger partial charge in [0.25, 0.3) is 5.91 Å². The Hall–Kier alpha value is -2.15. The molecule has 0 spiro atoms. The normalized spacial score (nSPS) is 16.1. The highest BCUT2D eigenvalue weighted by Gasteiger charge is 2.53. The molecule has 0 atom stereocenters. The maximum atomic E-state index is 12.3. The zero-order valence-corrected chi connectivity index (χ0v) is 13.8. The minimum absolute atomic E-state index is 0.221. The minimum atomic E-state index is -3.66. The Morgan fingerprint density at radius 3 is 2.70 bits per heavy atom. The van der Waals surface area contributed by atoms with E-state index in [0.717, 1.165) is 5.39 Å². The van der Waals surface area contributed by atoms with Crippen molar-refractivity contribution in [1.82, 2.24) is 9.71 Å². The SMILES string of the molecule is CCC1(S(=O)(=O)NC(=O)c2cnc3cc(OC)ccc3c2)CC1. The van der Waals surface area contributed by atoms with E-state index in [9.17, 15) is 13.2 Å². The summed E-state index contributed by atoms with van der Waals surface area (Å²) < 4.78 is 31.1. The molecule has 0 aliphatic heterocycles. The van der Waals surface area contributed by atoms with Crippen molar-refractivity contribution in [2.24, 2.45) is 0 Å². The summed E-state index contributed by atoms with van der Waals surface area (Å²) in [6, 6.07) is 6.92. The molecular formula is C16H18N2O4S. The number of carbonyl (C=O) groups excluding carboxylic acids is 1. The molecule has 1 aliphatic rings. The molecule has 1 aromatic heterocycles. The van der Waals surface area contributed by atoms with Crippen molar-refractivity contribution < 1.29 is 17.9 Å². The lowest BCUT2D eigenvalue weighted by Crippen LogP contribution is -2.39. The molecule has 122 valence electrons. The number of nitrogens with zero attached hydrogens (tertiary/aromatic N) is 1. The molecule has 0 saturated heterocycles. The second-order valence-corrected chi connectivity index (χ2v) is 7.83. The van der Waals surface area contributed by atoms with E-state index in [4.69, 9.17) is 4.74 Å². The number of pyridine rings is 1. The van der Waals surface area contributed by atoms with Crippen LogP contribution in [0.1, 0.15) is 36.5 Å². The summed E-state index contributed by atoms with van der Waals surface area (Å²) in [4.78, 5) is 16.5. The van der Waals surface area contributed by atoms with E-state index in [1.165, 1.54) is 6.20 Å². The summed E-state index contributed by atoms with van der Waals surface area (Å²) in [6.07, 6.45) is 3.08. The van der Waals surface area contributed by atoms with Gasteiger partial charge in [-0.1, -0.05) is 6.92 Å². The maximum absolute atomic E-state index is 12.3. The molecule has 0 unspecified atom stereocenters. The third-order valence-corrected chi connectivity index (χ3v) is 6.69. The number of ether oxygens (including phenoxy) is 1. The van der Waals surface area contributed by atoms with Crippen LogP contribution >= 0.6 is 0 Å². The van der Waals surface area contributed by atoms with Crippen molar-refractivity contribution >= 4 is 26.8 Å². The van der Waals surface area contributed by atoms with Gasteiger partial charge >= 0.3 is 0 Å². The molecule has 6 nitrogen and oxygen atoms in total. The van der Waals surface area contributed by atoms with Crippen LogP contribution in [-0.2, 0) is 10.0 Å². The lowest BCUT2D eigenvalue weighted by atomic mass is 10.1. The van der Waals surface area contributed by atoms with Crippen LogP contribution in [0.25, 0.3) is 10.9 Å². The van der Waals surface area contributed by atoms with Gasteiger partial charge in [-0.2, -0.15) is 0 Å². The third-order valence-electron chi connectivity index (χ3n) is 4.40. The number of amides is 1. The highest BCUT2D eigenvalue weighted by Crippen LogP contribution is 2.45. The van der Waals surface area contributed by atoms with Gasteiger partial charge in [0.2, 0.25) is 10.0 Å². The van der Waals surface area contributed by atoms with Crippen molar-refractivity contribution in [1.29, 1.82) is 0 Å². The van der Waals surface area contributed by atoms with E-state index in [2.05, 4.69) is 9.71 Å². The Bertz CT molecular complexity index is 873. The molecular weight excluding hydrogens is 316 g/mol. The molecule has 1 saturated carbocycles. The van der Waals surface area contributed by atoms with Crippen molar-refractivity contribution in [3.8, 4) is 5.75 Å². The molecule has 1 aromatic carbocycles. The molecule has 0 bridgehead atoms. The highest BCUT2D eigenvalue weighted by molar-refractivity contribution is 7.91. The van der Waals surface area contributed by atoms with E-state index in [1.54, 1.807) is 31.4 Å². The van der Waals surface area contributed by atoms with Gasteiger partial charge in [0.1, 0.15) is 5.75 Å². The summed E-state index contributed by atoms with van der Waals surface area (Å²) in [5.41, 5.74) is 0.897. The monoisotopic (exact) mass is 334 g/mol. The Balaban J connectivity index is 1.87. The van der Waals surface area contributed by atoms with E-state index >= 15 is 0 Å². The predicted molar refractivity (Wildman–Crippen MR) is 86.9 cm³/mol. The van der Waals surface area contributed by atoms with E-state index < -0.39 is 20.7 Å². The maximum Gasteiger partial charge on any atom is 0.266 e. The number of carbonyl (C=O) groups is 1. The van der Waals surface area contributed by atoms with Crippen LogP contribution in [0.3, 0.4) is 0 Å². The average Bonchev–Trinajstić information content (AvgIpc) is 3.35. The van der Waals surface area contributed by atoms with Crippen LogP contribution in [0.2, 0.25) is 0 Å². The largest absolute Gasteiger partial charge is 0.497 e. The smallest absolute Gasteiger partial charge is 0.266 e. The van der Waals surface area contributed by atoms with Crippen molar-refractivity contribution in [2.75, 3.05) is 7.11 Å². The fraction of sp³-hybridized carbons (Fsp3) is 0.375. The average molecular weight is 334 g/mol. The number of hydrogen-bond acceptors (Lipinski definition) is 5. The lowest BCUT2D eigenvalue weighted by Gasteiger charge is -2.14. The van der Waals surface area contributed by atoms with Gasteiger partial charge in [-0.25, -0.2) is 13.1 Å². The molecule has 1 amide bonds. The second-order valence-electron chi connectivity index (χ2n) is 5.75. The first-order valence-electron chi connectivity index (χ1n) is 7.41. The number of fused-ring (bicyclic) bond motifs is 1. The minimum Gasteiger partial charge on any atom is -0.497 e. The van der Waals surface area contributed by atoms with Gasteiger partial charge in [0, 0.05) is 17.6 Å². The Morgan fingerprint density at radius 1 is 1.35 bits per heavy atom. The summed E-state index contributed by atoms with van der Waals surface area (Å²) in [5.74, 6) is 0.0262. The van der Waals surface area contributed by atoms with Crippen molar-refractivity contribution in [3.63, 3.8) is 0 Å². The summed E-state index contributed by atoms with van der Waals surface area (Å²) in [6.45, 7) is 1.82. The number of sulfonamides is 1. The molecule has 1 heterocycles. The number of benzene rings is 1. The first-order valence-corrected chi connectivity index (χ1v) is 8.89. The quantitative estimate of drug-likeness (QED) is 0.906. The second kappa shape index (κ2) is 5.49. The van der Waals surface area contributed by atoms with Gasteiger partial charge in [-0.3, -0.25) is 9.78 Å². The predicted octanol–water partition coefficient (Wildman–Crippen LogP) is 2.25. The summed E-state index contributed by atoms with van der Waals surface area (Å²) >= 11 is 0. The van der Waals surface area contributed by atoms with Crippen molar-refractivity contribution in [2.45, 2.75) is 30.9 Å². The van der Waals surface area contributed by atoms with Crippen LogP contribution in [0.5, 0.6) is 5.75 Å². The van der Waals surface area contributed by atoms with E-state index in [1.807, 2.05) is 6.92 Å². The standard InChI is InChI=1S/C16H18N2O4S/c1-3-16(6-7-16)23(20,21)18-15(19)12-8-11-4-5-13(22-2)9-14(11)17-10-12/h4-5,8-10H,3,6-7H2,1-2H3,(H,18,19). The Morgan fingerprint density at radius 2 is 2.09 bits per heavy atom. The number of aromatic nitrogens is 1. The Kier molecular flexibility index (Phi) is 3.75. The first kappa shape index (κ1) is 15.7. The Labute approximate surface area is 134 Å². The fourth-order valence-electron chi connectivity index (χ4n) is 2.59. The van der Waals surface area contributed by atoms with Crippen LogP contribution in [0, 0.1) is 0 Å². The fourth-order valence-corrected chi connectivity index (χ4v) is 4.19. The van der Waals surface area contributed by atoms with E-state index in [0.29, 0.717) is 30.5 Å². The molecule has 2 aromatic rings. The lowest BCUT2D eigenvalue weighted by molar-refractivity contribution is 0.0980. The van der Waals surface area contributed by atoms with Gasteiger partial charge in [-0.15, -0.1) is 0 Å². The molecule has 3 rings (SSSR count). The molecule has 23 heavy (non-hydrogen) atoms. The number of hydrogen-bond donors (Lipinski definition) is 1. The van der Waals surface area contributed by atoms with Gasteiger partial charge in [-0.05, 0) is 37.5 Å². The number of rotatable bonds is 5. The zero-order chi connectivity index (χ0) is 16.7. The van der Waals surface area contributed by atoms with Crippen LogP contribution < -0.4 is 9.46 Å². The molecule has 1 aliphatic carbocycles. The number of nitrogens with one attached hydrogen (secondary N) is 1. The molecule has 0 radical (unpaired) electrons. The summed E-state index contributed by atoms with van der Waals surface area (Å²) in [5, 5.41) is 0.743. The highest BCUT2D eigenvalue weighted by atomic mass is 32.2. The van der Waals surface area contributed by atoms with Gasteiger partial charge in [0.05, 0.1) is 22.9 Å². The van der Waals surface area contributed by atoms with Crippen LogP contribution in [-0.4, -0.2) is 31.2 Å². The molecule has 1 N–H and O–H groups in total. The van der Waals surface area contributed by atoms with Gasteiger partial charge in [0.15, 0.2) is 0 Å². The third kappa shape index (κ3) is 2.76. The van der Waals surface area contributed by atoms with Crippen molar-refractivity contribution in [3.05, 3.63) is 36.0 Å². The van der Waals surface area contributed by atoms with Gasteiger partial charge < -0.3 is 4.74 Å². The summed E-state index contributed by atoms with van der Waals surface area (Å²) in [7, 11) is -2.09. The van der Waals surface area contributed by atoms with Crippen LogP contribution in [0.15, 0.2) is 30.5 Å². The molecule has 7 heteroatoms. The topological polar surface area (TPSA) is 85.4 Å². The first-order chi connectivity index (χ1) is 10.9. The van der Waals surface area contributed by atoms with E-state index in [-0.39, 0.29) is 5.56 Å². The van der Waals surface area contributed by atoms with Crippen LogP contribution in [0.4, 0.5) is 0 Å². The number of methoxy groups -OCH3 is 1. The zero-order valence-electron chi connectivity index (χ0n) is 13.0.